The predicted octanol–water partition coefficient (Wildman–Crippen LogP) is 6.62. The summed E-state index contributed by atoms with van der Waals surface area (Å²) < 4.78 is 0. The summed E-state index contributed by atoms with van der Waals surface area (Å²) >= 11 is 4.67. The van der Waals surface area contributed by atoms with Crippen LogP contribution >= 0.6 is 21.2 Å². The number of rotatable bonds is 5. The van der Waals surface area contributed by atoms with Gasteiger partial charge < -0.3 is 5.11 Å². The van der Waals surface area contributed by atoms with Gasteiger partial charge >= 0.3 is 0 Å². The molecule has 1 N–H and O–H groups in total. The molecule has 0 spiro atoms. The molecule has 2 aromatic carbocycles. The molecule has 0 aliphatic rings. The van der Waals surface area contributed by atoms with Crippen molar-refractivity contribution in [2.45, 2.75) is 70.7 Å². The number of thiol groups is 1. The Morgan fingerprint density at radius 2 is 1.65 bits per heavy atom. The van der Waals surface area contributed by atoms with Crippen LogP contribution in [0.4, 0.5) is 0 Å². The third-order valence-corrected chi connectivity index (χ3v) is 7.36. The lowest BCUT2D eigenvalue weighted by Crippen LogP contribution is -2.22. The normalized spacial score (nSPS) is 16.0. The summed E-state index contributed by atoms with van der Waals surface area (Å²) in [6.45, 7) is 15.2. The lowest BCUT2D eigenvalue weighted by atomic mass is 9.82. The van der Waals surface area contributed by atoms with Crippen molar-refractivity contribution in [3.63, 3.8) is 0 Å². The lowest BCUT2D eigenvalue weighted by Gasteiger charge is -2.33. The van der Waals surface area contributed by atoms with E-state index in [0.717, 1.165) is 17.5 Å². The molecule has 1 nitrogen and oxygen atoms in total. The molecular weight excluding hydrogens is 355 g/mol. The Morgan fingerprint density at radius 1 is 1.08 bits per heavy atom. The summed E-state index contributed by atoms with van der Waals surface area (Å²) in [7, 11) is 0.581. The molecule has 3 heteroatoms. The van der Waals surface area contributed by atoms with E-state index in [-0.39, 0.29) is 15.8 Å². The van der Waals surface area contributed by atoms with E-state index in [1.54, 1.807) is 0 Å². The van der Waals surface area contributed by atoms with Crippen molar-refractivity contribution in [1.82, 2.24) is 0 Å². The Kier molecular flexibility index (Phi) is 6.52. The van der Waals surface area contributed by atoms with E-state index in [0.29, 0.717) is 14.3 Å². The highest BCUT2D eigenvalue weighted by molar-refractivity contribution is 7.80. The smallest absolute Gasteiger partial charge is 0.123 e. The molecule has 0 heterocycles. The van der Waals surface area contributed by atoms with Gasteiger partial charge in [-0.2, -0.15) is 12.6 Å². The zero-order chi connectivity index (χ0) is 19.7. The predicted molar refractivity (Wildman–Crippen MR) is 121 cm³/mol. The number of benzene rings is 2. The molecule has 0 amide bonds. The first kappa shape index (κ1) is 21.3. The summed E-state index contributed by atoms with van der Waals surface area (Å²) in [4.78, 5) is 0. The van der Waals surface area contributed by atoms with Gasteiger partial charge in [0.05, 0.1) is 0 Å². The molecule has 0 fully saturated rings. The molecule has 0 radical (unpaired) electrons. The second-order valence-electron chi connectivity index (χ2n) is 8.53. The Labute approximate surface area is 166 Å². The number of aryl methyl sites for hydroxylation is 1. The van der Waals surface area contributed by atoms with Crippen molar-refractivity contribution < 1.29 is 5.11 Å². The number of phenols is 1. The van der Waals surface area contributed by atoms with Gasteiger partial charge in [0.15, 0.2) is 0 Å². The SMILES string of the molecule is CCC(C)(Pc1ccccc1C(C)S)c1cc(C)cc(C(C)(C)C)c1O. The van der Waals surface area contributed by atoms with E-state index >= 15 is 0 Å². The molecule has 2 rings (SSSR count). The maximum Gasteiger partial charge on any atom is 0.123 e. The molecule has 0 aliphatic carbocycles. The van der Waals surface area contributed by atoms with Gasteiger partial charge in [-0.3, -0.25) is 0 Å². The number of phenolic OH excluding ortho intramolecular Hbond substituents is 1. The molecule has 0 bridgehead atoms. The fraction of sp³-hybridized carbons (Fsp3) is 0.478. The highest BCUT2D eigenvalue weighted by atomic mass is 32.1. The summed E-state index contributed by atoms with van der Waals surface area (Å²) in [5.41, 5.74) is 4.53. The summed E-state index contributed by atoms with van der Waals surface area (Å²) in [5, 5.41) is 12.6. The van der Waals surface area contributed by atoms with Gasteiger partial charge in [0.2, 0.25) is 0 Å². The minimum atomic E-state index is -0.102. The largest absolute Gasteiger partial charge is 0.507 e. The second-order valence-corrected chi connectivity index (χ2v) is 11.2. The van der Waals surface area contributed by atoms with Gasteiger partial charge in [-0.05, 0) is 42.1 Å². The van der Waals surface area contributed by atoms with E-state index in [1.165, 1.54) is 16.4 Å². The first-order valence-electron chi connectivity index (χ1n) is 9.39. The van der Waals surface area contributed by atoms with E-state index in [2.05, 4.69) is 97.5 Å². The molecule has 0 aromatic heterocycles. The van der Waals surface area contributed by atoms with E-state index in [4.69, 9.17) is 0 Å². The molecule has 3 atom stereocenters. The second kappa shape index (κ2) is 7.95. The van der Waals surface area contributed by atoms with Crippen molar-refractivity contribution in [2.75, 3.05) is 0 Å². The summed E-state index contributed by atoms with van der Waals surface area (Å²) in [5.74, 6) is 0.469. The van der Waals surface area contributed by atoms with Crippen LogP contribution in [0.1, 0.15) is 75.5 Å². The first-order chi connectivity index (χ1) is 12.0. The Bertz CT molecular complexity index is 776. The number of hydrogen-bond donors (Lipinski definition) is 2. The molecule has 0 saturated carbocycles. The fourth-order valence-electron chi connectivity index (χ4n) is 3.39. The van der Waals surface area contributed by atoms with Gasteiger partial charge in [0.1, 0.15) is 5.75 Å². The monoisotopic (exact) mass is 388 g/mol. The minimum absolute atomic E-state index is 0.0832. The molecular formula is C23H33OPS. The molecule has 142 valence electrons. The Balaban J connectivity index is 2.59. The minimum Gasteiger partial charge on any atom is -0.507 e. The Hall–Kier alpha value is -0.980. The summed E-state index contributed by atoms with van der Waals surface area (Å²) in [6, 6.07) is 12.9. The van der Waals surface area contributed by atoms with Crippen molar-refractivity contribution >= 4 is 26.5 Å². The zero-order valence-corrected chi connectivity index (χ0v) is 19.0. The summed E-state index contributed by atoms with van der Waals surface area (Å²) in [6.07, 6.45) is 0.974. The van der Waals surface area contributed by atoms with Crippen LogP contribution in [-0.4, -0.2) is 5.11 Å². The van der Waals surface area contributed by atoms with Crippen LogP contribution in [0.3, 0.4) is 0 Å². The maximum absolute atomic E-state index is 11.2. The highest BCUT2D eigenvalue weighted by Crippen LogP contribution is 2.50. The van der Waals surface area contributed by atoms with Crippen LogP contribution in [0.25, 0.3) is 0 Å². The van der Waals surface area contributed by atoms with Crippen LogP contribution < -0.4 is 5.30 Å². The molecule has 26 heavy (non-hydrogen) atoms. The van der Waals surface area contributed by atoms with Gasteiger partial charge in [-0.1, -0.05) is 85.2 Å². The molecule has 0 saturated heterocycles. The van der Waals surface area contributed by atoms with Crippen LogP contribution in [0.2, 0.25) is 0 Å². The first-order valence-corrected chi connectivity index (χ1v) is 10.9. The van der Waals surface area contributed by atoms with Gasteiger partial charge in [-0.25, -0.2) is 0 Å². The molecule has 0 aliphatic heterocycles. The van der Waals surface area contributed by atoms with E-state index in [1.807, 2.05) is 0 Å². The van der Waals surface area contributed by atoms with Crippen molar-refractivity contribution in [3.8, 4) is 5.75 Å². The topological polar surface area (TPSA) is 20.2 Å². The van der Waals surface area contributed by atoms with Crippen LogP contribution in [0.15, 0.2) is 36.4 Å². The zero-order valence-electron chi connectivity index (χ0n) is 17.1. The highest BCUT2D eigenvalue weighted by Gasteiger charge is 2.32. The number of aromatic hydroxyl groups is 1. The average molecular weight is 389 g/mol. The van der Waals surface area contributed by atoms with Crippen molar-refractivity contribution in [3.05, 3.63) is 58.7 Å². The molecule has 2 aromatic rings. The van der Waals surface area contributed by atoms with Crippen LogP contribution in [0.5, 0.6) is 5.75 Å². The van der Waals surface area contributed by atoms with Crippen LogP contribution in [-0.2, 0) is 10.6 Å². The van der Waals surface area contributed by atoms with Crippen molar-refractivity contribution in [2.24, 2.45) is 0 Å². The van der Waals surface area contributed by atoms with E-state index < -0.39 is 0 Å². The number of hydrogen-bond acceptors (Lipinski definition) is 2. The van der Waals surface area contributed by atoms with Gasteiger partial charge in [-0.15, -0.1) is 0 Å². The third-order valence-electron chi connectivity index (χ3n) is 5.19. The lowest BCUT2D eigenvalue weighted by molar-refractivity contribution is 0.430. The fourth-order valence-corrected chi connectivity index (χ4v) is 5.46. The standard InChI is InChI=1S/C23H33OPS/c1-8-23(7,25-20-12-10-9-11-17(20)16(3)26)19-14-15(2)13-18(21(19)24)22(4,5)6/h9-14,16,24-26H,8H2,1-7H3. The average Bonchev–Trinajstić information content (AvgIpc) is 2.55. The quantitative estimate of drug-likeness (QED) is 0.436. The van der Waals surface area contributed by atoms with Crippen LogP contribution in [0, 0.1) is 6.92 Å². The van der Waals surface area contributed by atoms with Crippen molar-refractivity contribution in [1.29, 1.82) is 0 Å². The van der Waals surface area contributed by atoms with E-state index in [9.17, 15) is 5.11 Å². The maximum atomic E-state index is 11.2. The Morgan fingerprint density at radius 3 is 2.19 bits per heavy atom. The van der Waals surface area contributed by atoms with Gasteiger partial charge in [0.25, 0.3) is 0 Å². The van der Waals surface area contributed by atoms with Gasteiger partial charge in [0, 0.05) is 16.0 Å². The molecule has 3 unspecified atom stereocenters. The third kappa shape index (κ3) is 4.46.